The number of aromatic nitrogens is 1. The van der Waals surface area contributed by atoms with Gasteiger partial charge in [-0.25, -0.2) is 4.98 Å². The first-order chi connectivity index (χ1) is 6.84. The van der Waals surface area contributed by atoms with Crippen LogP contribution in [-0.4, -0.2) is 17.3 Å². The normalized spacial score (nSPS) is 10.4. The summed E-state index contributed by atoms with van der Waals surface area (Å²) in [5.41, 5.74) is 5.42. The average Bonchev–Trinajstić information content (AvgIpc) is 2.20. The summed E-state index contributed by atoms with van der Waals surface area (Å²) in [5.74, 6) is 1.12. The van der Waals surface area contributed by atoms with Crippen molar-refractivity contribution in [1.82, 2.24) is 4.98 Å². The van der Waals surface area contributed by atoms with E-state index in [2.05, 4.69) is 20.9 Å². The molecule has 2 N–H and O–H groups in total. The van der Waals surface area contributed by atoms with Gasteiger partial charge in [-0.2, -0.15) is 0 Å². The Morgan fingerprint density at radius 3 is 2.93 bits per heavy atom. The molecule has 1 heterocycles. The molecule has 0 spiro atoms. The summed E-state index contributed by atoms with van der Waals surface area (Å²) in [4.78, 5) is 4.29. The highest BCUT2D eigenvalue weighted by Crippen LogP contribution is 2.25. The standard InChI is InChI=1S/C10H15BrN2S/c11-9-5-4-7-13-10(9)14-8-3-1-2-6-12/h4-5,7H,1-3,6,8,12H2. The fourth-order valence-corrected chi connectivity index (χ4v) is 2.55. The molecule has 0 amide bonds. The Morgan fingerprint density at radius 1 is 1.36 bits per heavy atom. The number of hydrogen-bond acceptors (Lipinski definition) is 3. The number of hydrogen-bond donors (Lipinski definition) is 1. The number of nitrogens with zero attached hydrogens (tertiary/aromatic N) is 1. The molecular formula is C10H15BrN2S. The molecule has 0 unspecified atom stereocenters. The van der Waals surface area contributed by atoms with Crippen molar-refractivity contribution in [3.8, 4) is 0 Å². The lowest BCUT2D eigenvalue weighted by Crippen LogP contribution is -1.98. The zero-order valence-electron chi connectivity index (χ0n) is 8.08. The molecule has 1 rings (SSSR count). The molecule has 4 heteroatoms. The number of thioether (sulfide) groups is 1. The Kier molecular flexibility index (Phi) is 6.23. The van der Waals surface area contributed by atoms with Gasteiger partial charge in [-0.3, -0.25) is 0 Å². The van der Waals surface area contributed by atoms with Gasteiger partial charge in [0.1, 0.15) is 5.03 Å². The van der Waals surface area contributed by atoms with Crippen molar-refractivity contribution in [3.05, 3.63) is 22.8 Å². The smallest absolute Gasteiger partial charge is 0.110 e. The highest BCUT2D eigenvalue weighted by Gasteiger charge is 1.99. The maximum absolute atomic E-state index is 5.42. The van der Waals surface area contributed by atoms with Gasteiger partial charge < -0.3 is 5.73 Å². The van der Waals surface area contributed by atoms with Crippen LogP contribution in [0.3, 0.4) is 0 Å². The third kappa shape index (κ3) is 4.44. The molecule has 0 aliphatic heterocycles. The third-order valence-electron chi connectivity index (χ3n) is 1.81. The summed E-state index contributed by atoms with van der Waals surface area (Å²) >= 11 is 5.27. The van der Waals surface area contributed by atoms with E-state index in [0.29, 0.717) is 0 Å². The van der Waals surface area contributed by atoms with Crippen molar-refractivity contribution < 1.29 is 0 Å². The Balaban J connectivity index is 2.21. The monoisotopic (exact) mass is 274 g/mol. The Hall–Kier alpha value is -0.0600. The maximum atomic E-state index is 5.42. The van der Waals surface area contributed by atoms with E-state index < -0.39 is 0 Å². The fraction of sp³-hybridized carbons (Fsp3) is 0.500. The van der Waals surface area contributed by atoms with E-state index in [0.717, 1.165) is 28.2 Å². The van der Waals surface area contributed by atoms with Gasteiger partial charge in [0.2, 0.25) is 0 Å². The van der Waals surface area contributed by atoms with Gasteiger partial charge in [0.15, 0.2) is 0 Å². The summed E-state index contributed by atoms with van der Waals surface area (Å²) in [7, 11) is 0. The van der Waals surface area contributed by atoms with Crippen molar-refractivity contribution in [2.24, 2.45) is 5.73 Å². The quantitative estimate of drug-likeness (QED) is 0.640. The van der Waals surface area contributed by atoms with Gasteiger partial charge in [-0.15, -0.1) is 11.8 Å². The van der Waals surface area contributed by atoms with Gasteiger partial charge >= 0.3 is 0 Å². The highest BCUT2D eigenvalue weighted by molar-refractivity contribution is 9.10. The second-order valence-corrected chi connectivity index (χ2v) is 4.93. The van der Waals surface area contributed by atoms with Crippen LogP contribution in [0.4, 0.5) is 0 Å². The SMILES string of the molecule is NCCCCCSc1ncccc1Br. The predicted molar refractivity (Wildman–Crippen MR) is 65.6 cm³/mol. The lowest BCUT2D eigenvalue weighted by molar-refractivity contribution is 0.732. The second kappa shape index (κ2) is 7.26. The van der Waals surface area contributed by atoms with Crippen molar-refractivity contribution in [3.63, 3.8) is 0 Å². The van der Waals surface area contributed by atoms with Crippen molar-refractivity contribution >= 4 is 27.7 Å². The van der Waals surface area contributed by atoms with Crippen molar-refractivity contribution in [2.75, 3.05) is 12.3 Å². The van der Waals surface area contributed by atoms with E-state index >= 15 is 0 Å². The number of rotatable bonds is 6. The molecule has 0 radical (unpaired) electrons. The largest absolute Gasteiger partial charge is 0.330 e. The summed E-state index contributed by atoms with van der Waals surface area (Å²) in [6.07, 6.45) is 5.38. The van der Waals surface area contributed by atoms with E-state index in [1.54, 1.807) is 11.8 Å². The molecule has 0 bridgehead atoms. The van der Waals surface area contributed by atoms with Gasteiger partial charge in [-0.1, -0.05) is 6.42 Å². The molecule has 0 aliphatic rings. The third-order valence-corrected chi connectivity index (χ3v) is 3.81. The minimum absolute atomic E-state index is 0.804. The number of pyridine rings is 1. The lowest BCUT2D eigenvalue weighted by Gasteiger charge is -2.02. The van der Waals surface area contributed by atoms with Gasteiger partial charge in [-0.05, 0) is 53.2 Å². The summed E-state index contributed by atoms with van der Waals surface area (Å²) in [6, 6.07) is 3.96. The first kappa shape index (κ1) is 12.0. The van der Waals surface area contributed by atoms with E-state index in [1.165, 1.54) is 12.8 Å². The molecule has 0 aromatic carbocycles. The van der Waals surface area contributed by atoms with Crippen LogP contribution in [-0.2, 0) is 0 Å². The average molecular weight is 275 g/mol. The molecule has 78 valence electrons. The summed E-state index contributed by atoms with van der Waals surface area (Å²) in [6.45, 7) is 0.804. The van der Waals surface area contributed by atoms with Crippen LogP contribution in [0.25, 0.3) is 0 Å². The first-order valence-electron chi connectivity index (χ1n) is 4.78. The van der Waals surface area contributed by atoms with Crippen LogP contribution in [0.1, 0.15) is 19.3 Å². The predicted octanol–water partition coefficient (Wildman–Crippen LogP) is 3.07. The molecule has 0 saturated heterocycles. The van der Waals surface area contributed by atoms with Gasteiger partial charge in [0.25, 0.3) is 0 Å². The van der Waals surface area contributed by atoms with Crippen LogP contribution < -0.4 is 5.73 Å². The van der Waals surface area contributed by atoms with E-state index in [-0.39, 0.29) is 0 Å². The topological polar surface area (TPSA) is 38.9 Å². The number of unbranched alkanes of at least 4 members (excludes halogenated alkanes) is 2. The molecule has 1 aromatic heterocycles. The molecule has 0 aliphatic carbocycles. The first-order valence-corrected chi connectivity index (χ1v) is 6.56. The van der Waals surface area contributed by atoms with Crippen LogP contribution in [0.5, 0.6) is 0 Å². The van der Waals surface area contributed by atoms with Crippen LogP contribution in [0, 0.1) is 0 Å². The van der Waals surface area contributed by atoms with E-state index in [4.69, 9.17) is 5.73 Å². The Morgan fingerprint density at radius 2 is 2.21 bits per heavy atom. The zero-order valence-corrected chi connectivity index (χ0v) is 10.5. The highest BCUT2D eigenvalue weighted by atomic mass is 79.9. The molecule has 0 fully saturated rings. The molecule has 0 saturated carbocycles. The second-order valence-electron chi connectivity index (χ2n) is 2.99. The molecular weight excluding hydrogens is 260 g/mol. The van der Waals surface area contributed by atoms with Crippen LogP contribution >= 0.6 is 27.7 Å². The summed E-state index contributed by atoms with van der Waals surface area (Å²) < 4.78 is 1.09. The van der Waals surface area contributed by atoms with Gasteiger partial charge in [0, 0.05) is 10.7 Å². The minimum atomic E-state index is 0.804. The van der Waals surface area contributed by atoms with E-state index in [1.807, 2.05) is 18.3 Å². The molecule has 1 aromatic rings. The van der Waals surface area contributed by atoms with Crippen LogP contribution in [0.15, 0.2) is 27.8 Å². The van der Waals surface area contributed by atoms with Crippen molar-refractivity contribution in [1.29, 1.82) is 0 Å². The maximum Gasteiger partial charge on any atom is 0.110 e. The Labute approximate surface area is 97.8 Å². The molecule has 2 nitrogen and oxygen atoms in total. The summed E-state index contributed by atoms with van der Waals surface area (Å²) in [5, 5.41) is 1.08. The molecule has 0 atom stereocenters. The fourth-order valence-electron chi connectivity index (χ4n) is 1.07. The lowest BCUT2D eigenvalue weighted by atomic mass is 10.2. The number of halogens is 1. The zero-order chi connectivity index (χ0) is 10.2. The van der Waals surface area contributed by atoms with Gasteiger partial charge in [0.05, 0.1) is 0 Å². The van der Waals surface area contributed by atoms with E-state index in [9.17, 15) is 0 Å². The van der Waals surface area contributed by atoms with Crippen LogP contribution in [0.2, 0.25) is 0 Å². The minimum Gasteiger partial charge on any atom is -0.330 e. The van der Waals surface area contributed by atoms with Crippen molar-refractivity contribution in [2.45, 2.75) is 24.3 Å². The number of nitrogens with two attached hydrogens (primary N) is 1. The Bertz CT molecular complexity index is 268. The molecule has 14 heavy (non-hydrogen) atoms.